The molecule has 1 heterocycles. The van der Waals surface area contributed by atoms with Crippen molar-refractivity contribution in [2.75, 3.05) is 15.4 Å². The van der Waals surface area contributed by atoms with Gasteiger partial charge < -0.3 is 10.6 Å². The van der Waals surface area contributed by atoms with Crippen molar-refractivity contribution in [3.8, 4) is 0 Å². The molecule has 8 nitrogen and oxygen atoms in total. The van der Waals surface area contributed by atoms with E-state index < -0.39 is 16.1 Å². The summed E-state index contributed by atoms with van der Waals surface area (Å²) < 4.78 is 27.3. The molecule has 0 aliphatic heterocycles. The van der Waals surface area contributed by atoms with Crippen LogP contribution in [0.4, 0.5) is 21.3 Å². The number of benzene rings is 2. The molecule has 0 radical (unpaired) electrons. The molecule has 0 atom stereocenters. The third-order valence-electron chi connectivity index (χ3n) is 3.59. The van der Waals surface area contributed by atoms with Crippen molar-refractivity contribution in [3.05, 3.63) is 57.5 Å². The number of hydrogen-bond donors (Lipinski definition) is 3. The lowest BCUT2D eigenvalue weighted by Gasteiger charge is -2.09. The molecule has 0 unspecified atom stereocenters. The fraction of sp³-hybridized carbons (Fsp3) is 0.118. The molecule has 152 valence electrons. The van der Waals surface area contributed by atoms with E-state index in [1.807, 2.05) is 6.92 Å². The monoisotopic (exact) mass is 471 g/mol. The average molecular weight is 472 g/mol. The van der Waals surface area contributed by atoms with Crippen LogP contribution >= 0.6 is 34.5 Å². The first kappa shape index (κ1) is 21.3. The van der Waals surface area contributed by atoms with Crippen LogP contribution in [-0.4, -0.2) is 24.6 Å². The van der Waals surface area contributed by atoms with Gasteiger partial charge in [-0.15, -0.1) is 10.2 Å². The van der Waals surface area contributed by atoms with Gasteiger partial charge in [-0.05, 0) is 48.9 Å². The molecule has 0 fully saturated rings. The van der Waals surface area contributed by atoms with Crippen LogP contribution in [0.2, 0.25) is 10.0 Å². The molecular weight excluding hydrogens is 457 g/mol. The Balaban J connectivity index is 1.64. The van der Waals surface area contributed by atoms with E-state index in [2.05, 4.69) is 25.6 Å². The van der Waals surface area contributed by atoms with Gasteiger partial charge >= 0.3 is 6.03 Å². The number of anilines is 3. The molecule has 29 heavy (non-hydrogen) atoms. The molecule has 0 bridgehead atoms. The number of rotatable bonds is 6. The quantitative estimate of drug-likeness (QED) is 0.475. The van der Waals surface area contributed by atoms with E-state index in [1.54, 1.807) is 12.1 Å². The van der Waals surface area contributed by atoms with Gasteiger partial charge in [0.05, 0.1) is 14.9 Å². The van der Waals surface area contributed by atoms with E-state index in [0.717, 1.165) is 5.01 Å². The summed E-state index contributed by atoms with van der Waals surface area (Å²) in [6, 6.07) is 9.86. The number of carbonyl (C=O) groups excluding carboxylic acids is 1. The minimum atomic E-state index is -3.81. The molecule has 3 rings (SSSR count). The summed E-state index contributed by atoms with van der Waals surface area (Å²) in [4.78, 5) is 12.1. The molecule has 2 aromatic carbocycles. The molecule has 12 heteroatoms. The van der Waals surface area contributed by atoms with Crippen molar-refractivity contribution in [1.82, 2.24) is 10.2 Å². The van der Waals surface area contributed by atoms with E-state index in [-0.39, 0.29) is 10.0 Å². The molecule has 0 saturated heterocycles. The van der Waals surface area contributed by atoms with E-state index in [9.17, 15) is 13.2 Å². The maximum atomic E-state index is 12.4. The summed E-state index contributed by atoms with van der Waals surface area (Å²) in [5, 5.41) is 14.5. The predicted octanol–water partition coefficient (Wildman–Crippen LogP) is 4.85. The zero-order chi connectivity index (χ0) is 21.0. The van der Waals surface area contributed by atoms with Gasteiger partial charge in [-0.3, -0.25) is 4.72 Å². The summed E-state index contributed by atoms with van der Waals surface area (Å²) in [6.45, 7) is 1.90. The number of hydrogen-bond acceptors (Lipinski definition) is 6. The second-order valence-corrected chi connectivity index (χ2v) is 9.25. The van der Waals surface area contributed by atoms with Gasteiger partial charge in [0, 0.05) is 11.4 Å². The zero-order valence-electron chi connectivity index (χ0n) is 14.9. The second-order valence-electron chi connectivity index (χ2n) is 5.69. The summed E-state index contributed by atoms with van der Waals surface area (Å²) in [7, 11) is -3.81. The van der Waals surface area contributed by atoms with Gasteiger partial charge in [0.2, 0.25) is 5.13 Å². The van der Waals surface area contributed by atoms with Crippen LogP contribution in [0.25, 0.3) is 0 Å². The third kappa shape index (κ3) is 5.57. The Kier molecular flexibility index (Phi) is 6.58. The van der Waals surface area contributed by atoms with Crippen LogP contribution in [0.3, 0.4) is 0 Å². The van der Waals surface area contributed by atoms with E-state index in [4.69, 9.17) is 23.2 Å². The first-order valence-electron chi connectivity index (χ1n) is 8.25. The van der Waals surface area contributed by atoms with Gasteiger partial charge in [-0.2, -0.15) is 0 Å². The number of urea groups is 1. The average Bonchev–Trinajstić information content (AvgIpc) is 3.12. The molecular formula is C17H15Cl2N5O3S2. The summed E-state index contributed by atoms with van der Waals surface area (Å²) >= 11 is 12.9. The topological polar surface area (TPSA) is 113 Å². The van der Waals surface area contributed by atoms with Crippen molar-refractivity contribution < 1.29 is 13.2 Å². The van der Waals surface area contributed by atoms with Crippen LogP contribution in [0.15, 0.2) is 47.4 Å². The van der Waals surface area contributed by atoms with Crippen LogP contribution in [0.5, 0.6) is 0 Å². The summed E-state index contributed by atoms with van der Waals surface area (Å²) in [5.41, 5.74) is 0.870. The molecule has 0 spiro atoms. The van der Waals surface area contributed by atoms with Gasteiger partial charge in [0.15, 0.2) is 0 Å². The minimum Gasteiger partial charge on any atom is -0.308 e. The van der Waals surface area contributed by atoms with Crippen LogP contribution < -0.4 is 15.4 Å². The highest BCUT2D eigenvalue weighted by atomic mass is 35.5. The second kappa shape index (κ2) is 8.95. The number of nitrogens with one attached hydrogen (secondary N) is 3. The van der Waals surface area contributed by atoms with Crippen LogP contribution in [0.1, 0.15) is 11.9 Å². The van der Waals surface area contributed by atoms with Gasteiger partial charge in [-0.25, -0.2) is 13.2 Å². The largest absolute Gasteiger partial charge is 0.323 e. The highest BCUT2D eigenvalue weighted by Gasteiger charge is 2.17. The number of amides is 2. The van der Waals surface area contributed by atoms with E-state index in [1.165, 1.54) is 41.7 Å². The molecule has 2 amide bonds. The highest BCUT2D eigenvalue weighted by molar-refractivity contribution is 7.93. The van der Waals surface area contributed by atoms with Gasteiger partial charge in [0.25, 0.3) is 10.0 Å². The first-order valence-corrected chi connectivity index (χ1v) is 11.3. The maximum absolute atomic E-state index is 12.4. The molecule has 1 aromatic heterocycles. The zero-order valence-corrected chi connectivity index (χ0v) is 18.1. The van der Waals surface area contributed by atoms with Crippen molar-refractivity contribution in [2.24, 2.45) is 0 Å². The molecule has 0 aliphatic rings. The Hall–Kier alpha value is -2.40. The van der Waals surface area contributed by atoms with Crippen LogP contribution in [-0.2, 0) is 16.4 Å². The Morgan fingerprint density at radius 2 is 1.66 bits per heavy atom. The summed E-state index contributed by atoms with van der Waals surface area (Å²) in [6.07, 6.45) is 0.671. The van der Waals surface area contributed by atoms with Crippen molar-refractivity contribution in [3.63, 3.8) is 0 Å². The van der Waals surface area contributed by atoms with Crippen molar-refractivity contribution >= 4 is 67.1 Å². The molecule has 3 N–H and O–H groups in total. The maximum Gasteiger partial charge on any atom is 0.323 e. The number of halogens is 2. The Morgan fingerprint density at radius 3 is 2.28 bits per heavy atom. The molecule has 3 aromatic rings. The Morgan fingerprint density at radius 1 is 1.00 bits per heavy atom. The smallest absolute Gasteiger partial charge is 0.308 e. The van der Waals surface area contributed by atoms with Gasteiger partial charge in [0.1, 0.15) is 5.01 Å². The predicted molar refractivity (Wildman–Crippen MR) is 116 cm³/mol. The number of sulfonamides is 1. The van der Waals surface area contributed by atoms with E-state index in [0.29, 0.717) is 27.8 Å². The lowest BCUT2D eigenvalue weighted by Crippen LogP contribution is -2.19. The van der Waals surface area contributed by atoms with Crippen molar-refractivity contribution in [1.29, 1.82) is 0 Å². The number of nitrogens with zero attached hydrogens (tertiary/aromatic N) is 2. The van der Waals surface area contributed by atoms with E-state index >= 15 is 0 Å². The minimum absolute atomic E-state index is 0.0289. The molecule has 0 aliphatic carbocycles. The standard InChI is InChI=1S/C17H15Cl2N5O3S2/c1-2-15-22-23-17(28-15)24-29(26,27)12-6-3-10(4-7-12)20-16(25)21-11-5-8-13(18)14(19)9-11/h3-9H,2H2,1H3,(H,23,24)(H2,20,21,25). The number of carbonyl (C=O) groups is 1. The lowest BCUT2D eigenvalue weighted by molar-refractivity contribution is 0.262. The first-order chi connectivity index (χ1) is 13.8. The lowest BCUT2D eigenvalue weighted by atomic mass is 10.3. The molecule has 0 saturated carbocycles. The van der Waals surface area contributed by atoms with Gasteiger partial charge in [-0.1, -0.05) is 41.5 Å². The SMILES string of the molecule is CCc1nnc(NS(=O)(=O)c2ccc(NC(=O)Nc3ccc(Cl)c(Cl)c3)cc2)s1. The fourth-order valence-corrected chi connectivity index (χ4v) is 4.40. The fourth-order valence-electron chi connectivity index (χ4n) is 2.20. The Bertz CT molecular complexity index is 1130. The highest BCUT2D eigenvalue weighted by Crippen LogP contribution is 2.25. The number of aryl methyl sites for hydroxylation is 1. The normalized spacial score (nSPS) is 11.1. The third-order valence-corrected chi connectivity index (χ3v) is 6.80. The van der Waals surface area contributed by atoms with Crippen molar-refractivity contribution in [2.45, 2.75) is 18.2 Å². The Labute approximate surface area is 181 Å². The van der Waals surface area contributed by atoms with Crippen LogP contribution in [0, 0.1) is 0 Å². The summed E-state index contributed by atoms with van der Waals surface area (Å²) in [5.74, 6) is 0. The number of aromatic nitrogens is 2.